The van der Waals surface area contributed by atoms with E-state index >= 15 is 0 Å². The van der Waals surface area contributed by atoms with Crippen molar-refractivity contribution in [3.8, 4) is 0 Å². The largest absolute Gasteiger partial charge is 0.323 e. The molecule has 1 aromatic heterocycles. The van der Waals surface area contributed by atoms with E-state index in [0.29, 0.717) is 30.9 Å². The maximum atomic E-state index is 14.4. The van der Waals surface area contributed by atoms with Crippen LogP contribution in [0.25, 0.3) is 11.0 Å². The molecule has 0 aliphatic heterocycles. The molecule has 0 spiro atoms. The minimum atomic E-state index is -1.31. The zero-order valence-corrected chi connectivity index (χ0v) is 18.6. The molecule has 4 aromatic rings. The van der Waals surface area contributed by atoms with Gasteiger partial charge in [-0.3, -0.25) is 4.79 Å². The lowest BCUT2D eigenvalue weighted by molar-refractivity contribution is 0.0895. The number of nitrogens with zero attached hydrogens (tertiary/aromatic N) is 2. The van der Waals surface area contributed by atoms with Gasteiger partial charge in [-0.15, -0.1) is 0 Å². The van der Waals surface area contributed by atoms with Crippen molar-refractivity contribution in [3.63, 3.8) is 0 Å². The number of imidazole rings is 1. The molecule has 0 radical (unpaired) electrons. The minimum Gasteiger partial charge on any atom is -0.323 e. The molecule has 3 aromatic carbocycles. The quantitative estimate of drug-likeness (QED) is 0.224. The minimum absolute atomic E-state index is 0.138. The Balaban J connectivity index is 1.74. The Morgan fingerprint density at radius 3 is 2.30 bits per heavy atom. The predicted octanol–water partition coefficient (Wildman–Crippen LogP) is 6.59. The van der Waals surface area contributed by atoms with Crippen molar-refractivity contribution in [2.75, 3.05) is 0 Å². The zero-order chi connectivity index (χ0) is 23.5. The van der Waals surface area contributed by atoms with Crippen molar-refractivity contribution in [2.24, 2.45) is 11.8 Å². The van der Waals surface area contributed by atoms with Crippen LogP contribution in [0.5, 0.6) is 0 Å². The maximum Gasteiger partial charge on any atom is 0.169 e. The number of para-hydroxylation sites is 2. The van der Waals surface area contributed by atoms with Gasteiger partial charge in [0.25, 0.3) is 0 Å². The van der Waals surface area contributed by atoms with Gasteiger partial charge >= 0.3 is 0 Å². The topological polar surface area (TPSA) is 34.9 Å². The fourth-order valence-corrected chi connectivity index (χ4v) is 4.23. The Hall–Kier alpha value is -3.41. The second-order valence-corrected chi connectivity index (χ2v) is 8.73. The van der Waals surface area contributed by atoms with Crippen LogP contribution in [0.3, 0.4) is 0 Å². The third-order valence-electron chi connectivity index (χ3n) is 5.75. The van der Waals surface area contributed by atoms with E-state index in [4.69, 9.17) is 4.98 Å². The zero-order valence-electron chi connectivity index (χ0n) is 18.6. The average molecular weight is 451 g/mol. The van der Waals surface area contributed by atoms with Crippen LogP contribution in [0.15, 0.2) is 66.7 Å². The number of rotatable bonds is 8. The lowest BCUT2D eigenvalue weighted by Crippen LogP contribution is -2.23. The summed E-state index contributed by atoms with van der Waals surface area (Å²) >= 11 is 0. The molecule has 6 heteroatoms. The van der Waals surface area contributed by atoms with E-state index < -0.39 is 34.7 Å². The van der Waals surface area contributed by atoms with Crippen LogP contribution in [-0.4, -0.2) is 15.3 Å². The summed E-state index contributed by atoms with van der Waals surface area (Å²) in [5, 5.41) is 0. The summed E-state index contributed by atoms with van der Waals surface area (Å²) in [7, 11) is 0. The van der Waals surface area contributed by atoms with Crippen molar-refractivity contribution in [2.45, 2.75) is 33.2 Å². The second kappa shape index (κ2) is 9.61. The van der Waals surface area contributed by atoms with E-state index in [-0.39, 0.29) is 12.3 Å². The monoisotopic (exact) mass is 450 g/mol. The Bertz CT molecular complexity index is 1280. The van der Waals surface area contributed by atoms with E-state index in [1.165, 1.54) is 0 Å². The SMILES string of the molecule is CC(C)CC(Cc1nc2ccccc2n1Cc1ccccc1)C(=O)c1cc(F)c(F)cc1F. The number of aromatic nitrogens is 2. The van der Waals surface area contributed by atoms with Gasteiger partial charge in [0.15, 0.2) is 17.4 Å². The molecule has 0 bridgehead atoms. The number of ketones is 1. The van der Waals surface area contributed by atoms with Gasteiger partial charge in [-0.2, -0.15) is 0 Å². The third kappa shape index (κ3) is 5.00. The van der Waals surface area contributed by atoms with E-state index in [2.05, 4.69) is 4.57 Å². The predicted molar refractivity (Wildman–Crippen MR) is 123 cm³/mol. The molecule has 1 heterocycles. The first-order valence-corrected chi connectivity index (χ1v) is 11.0. The molecular weight excluding hydrogens is 425 g/mol. The number of carbonyl (C=O) groups is 1. The Morgan fingerprint density at radius 1 is 0.909 bits per heavy atom. The van der Waals surface area contributed by atoms with Gasteiger partial charge in [0.1, 0.15) is 11.6 Å². The summed E-state index contributed by atoms with van der Waals surface area (Å²) < 4.78 is 43.7. The number of halogens is 3. The smallest absolute Gasteiger partial charge is 0.169 e. The molecule has 0 saturated heterocycles. The fourth-order valence-electron chi connectivity index (χ4n) is 4.23. The summed E-state index contributed by atoms with van der Waals surface area (Å²) in [5.74, 6) is -3.94. The fraction of sp³-hybridized carbons (Fsp3) is 0.259. The van der Waals surface area contributed by atoms with Crippen LogP contribution in [0.4, 0.5) is 13.2 Å². The van der Waals surface area contributed by atoms with E-state index in [0.717, 1.165) is 16.6 Å². The molecule has 0 N–H and O–H groups in total. The van der Waals surface area contributed by atoms with Crippen molar-refractivity contribution in [1.82, 2.24) is 9.55 Å². The van der Waals surface area contributed by atoms with Gasteiger partial charge in [-0.25, -0.2) is 18.2 Å². The summed E-state index contributed by atoms with van der Waals surface area (Å²) in [6.45, 7) is 4.50. The number of carbonyl (C=O) groups excluding carboxylic acids is 1. The van der Waals surface area contributed by atoms with Crippen molar-refractivity contribution >= 4 is 16.8 Å². The number of fused-ring (bicyclic) bond motifs is 1. The van der Waals surface area contributed by atoms with Gasteiger partial charge in [0.2, 0.25) is 0 Å². The highest BCUT2D eigenvalue weighted by Crippen LogP contribution is 2.27. The highest BCUT2D eigenvalue weighted by Gasteiger charge is 2.27. The molecule has 170 valence electrons. The maximum absolute atomic E-state index is 14.4. The third-order valence-corrected chi connectivity index (χ3v) is 5.75. The second-order valence-electron chi connectivity index (χ2n) is 8.73. The van der Waals surface area contributed by atoms with Crippen LogP contribution in [0, 0.1) is 29.3 Å². The molecule has 0 fully saturated rings. The first-order chi connectivity index (χ1) is 15.8. The first kappa shape index (κ1) is 22.8. The van der Waals surface area contributed by atoms with Crippen molar-refractivity contribution in [1.29, 1.82) is 0 Å². The van der Waals surface area contributed by atoms with Crippen LogP contribution in [0.2, 0.25) is 0 Å². The van der Waals surface area contributed by atoms with Gasteiger partial charge < -0.3 is 4.57 Å². The summed E-state index contributed by atoms with van der Waals surface area (Å²) in [5.41, 5.74) is 2.40. The van der Waals surface area contributed by atoms with Gasteiger partial charge in [-0.05, 0) is 36.1 Å². The molecule has 1 unspecified atom stereocenters. The standard InChI is InChI=1S/C27H25F3N2O/c1-17(2)12-19(27(33)20-14-22(29)23(30)15-21(20)28)13-26-31-24-10-6-7-11-25(24)32(26)16-18-8-4-3-5-9-18/h3-11,14-15,17,19H,12-13,16H2,1-2H3. The van der Waals surface area contributed by atoms with Gasteiger partial charge in [-0.1, -0.05) is 56.3 Å². The number of hydrogen-bond acceptors (Lipinski definition) is 2. The molecule has 4 rings (SSSR count). The highest BCUT2D eigenvalue weighted by molar-refractivity contribution is 5.98. The van der Waals surface area contributed by atoms with Crippen LogP contribution in [-0.2, 0) is 13.0 Å². The van der Waals surface area contributed by atoms with Crippen LogP contribution in [0.1, 0.15) is 42.0 Å². The molecule has 33 heavy (non-hydrogen) atoms. The molecule has 0 aliphatic rings. The molecule has 0 amide bonds. The molecule has 0 aliphatic carbocycles. The van der Waals surface area contributed by atoms with Crippen molar-refractivity contribution < 1.29 is 18.0 Å². The van der Waals surface area contributed by atoms with E-state index in [1.54, 1.807) is 0 Å². The summed E-state index contributed by atoms with van der Waals surface area (Å²) in [4.78, 5) is 18.1. The van der Waals surface area contributed by atoms with Crippen molar-refractivity contribution in [3.05, 3.63) is 101 Å². The Kier molecular flexibility index (Phi) is 6.63. The van der Waals surface area contributed by atoms with Crippen LogP contribution >= 0.6 is 0 Å². The van der Waals surface area contributed by atoms with Gasteiger partial charge in [0, 0.05) is 24.9 Å². The highest BCUT2D eigenvalue weighted by atomic mass is 19.2. The first-order valence-electron chi connectivity index (χ1n) is 11.0. The Labute approximate surface area is 190 Å². The molecule has 1 atom stereocenters. The molecule has 0 saturated carbocycles. The molecule has 3 nitrogen and oxygen atoms in total. The number of benzene rings is 3. The number of Topliss-reactive ketones (excluding diaryl/α,β-unsaturated/α-hetero) is 1. The normalized spacial score (nSPS) is 12.4. The van der Waals surface area contributed by atoms with E-state index in [9.17, 15) is 18.0 Å². The van der Waals surface area contributed by atoms with Gasteiger partial charge in [0.05, 0.1) is 16.6 Å². The van der Waals surface area contributed by atoms with E-state index in [1.807, 2.05) is 68.4 Å². The summed E-state index contributed by atoms with van der Waals surface area (Å²) in [6.07, 6.45) is 0.725. The lowest BCUT2D eigenvalue weighted by Gasteiger charge is -2.19. The number of hydrogen-bond donors (Lipinski definition) is 0. The Morgan fingerprint density at radius 2 is 1.58 bits per heavy atom. The molecular formula is C27H25F3N2O. The lowest BCUT2D eigenvalue weighted by atomic mass is 9.86. The summed E-state index contributed by atoms with van der Waals surface area (Å²) in [6, 6.07) is 18.7. The average Bonchev–Trinajstić information content (AvgIpc) is 3.13. The van der Waals surface area contributed by atoms with Crippen LogP contribution < -0.4 is 0 Å².